The second-order valence-corrected chi connectivity index (χ2v) is 5.35. The van der Waals surface area contributed by atoms with Gasteiger partial charge in [-0.1, -0.05) is 15.9 Å². The summed E-state index contributed by atoms with van der Waals surface area (Å²) in [5.74, 6) is -0.249. The maximum Gasteiger partial charge on any atom is 0.325 e. The number of nitrogens with zero attached hydrogens (tertiary/aromatic N) is 2. The zero-order chi connectivity index (χ0) is 13.8. The van der Waals surface area contributed by atoms with Gasteiger partial charge in [-0.15, -0.1) is 0 Å². The van der Waals surface area contributed by atoms with E-state index >= 15 is 0 Å². The molecular weight excluding hydrogens is 308 g/mol. The number of rotatable bonds is 5. The third kappa shape index (κ3) is 3.48. The van der Waals surface area contributed by atoms with E-state index in [1.165, 1.54) is 0 Å². The first-order chi connectivity index (χ1) is 9.15. The van der Waals surface area contributed by atoms with Gasteiger partial charge >= 0.3 is 5.97 Å². The molecule has 0 amide bonds. The van der Waals surface area contributed by atoms with Crippen LogP contribution < -0.4 is 4.90 Å². The molecule has 2 rings (SSSR count). The molecule has 0 aliphatic heterocycles. The first-order valence-corrected chi connectivity index (χ1v) is 7.07. The largest absolute Gasteiger partial charge is 0.465 e. The lowest BCUT2D eigenvalue weighted by atomic mass is 10.1. The van der Waals surface area contributed by atoms with Crippen LogP contribution in [-0.4, -0.2) is 25.2 Å². The molecule has 19 heavy (non-hydrogen) atoms. The highest BCUT2D eigenvalue weighted by atomic mass is 79.9. The van der Waals surface area contributed by atoms with E-state index in [9.17, 15) is 10.1 Å². The Balaban J connectivity index is 2.24. The zero-order valence-corrected chi connectivity index (χ0v) is 12.3. The number of nitriles is 1. The third-order valence-electron chi connectivity index (χ3n) is 2.98. The van der Waals surface area contributed by atoms with Gasteiger partial charge in [0, 0.05) is 10.5 Å². The Bertz CT molecular complexity index is 521. The summed E-state index contributed by atoms with van der Waals surface area (Å²) < 4.78 is 5.86. The van der Waals surface area contributed by atoms with Gasteiger partial charge in [-0.3, -0.25) is 4.79 Å². The van der Waals surface area contributed by atoms with E-state index in [2.05, 4.69) is 22.0 Å². The molecule has 0 spiro atoms. The maximum atomic E-state index is 11.7. The van der Waals surface area contributed by atoms with Gasteiger partial charge in [0.25, 0.3) is 0 Å². The zero-order valence-electron chi connectivity index (χ0n) is 10.7. The monoisotopic (exact) mass is 322 g/mol. The maximum absolute atomic E-state index is 11.7. The van der Waals surface area contributed by atoms with Crippen molar-refractivity contribution >= 4 is 27.6 Å². The van der Waals surface area contributed by atoms with Crippen LogP contribution in [0.2, 0.25) is 0 Å². The minimum Gasteiger partial charge on any atom is -0.465 e. The number of hydrogen-bond acceptors (Lipinski definition) is 4. The van der Waals surface area contributed by atoms with Crippen LogP contribution in [0.3, 0.4) is 0 Å². The number of carbonyl (C=O) groups excluding carboxylic acids is 1. The molecule has 1 saturated carbocycles. The van der Waals surface area contributed by atoms with Crippen molar-refractivity contribution in [2.24, 2.45) is 0 Å². The normalized spacial score (nSPS) is 13.7. The quantitative estimate of drug-likeness (QED) is 0.782. The number of hydrogen-bond donors (Lipinski definition) is 0. The van der Waals surface area contributed by atoms with Crippen LogP contribution in [0.1, 0.15) is 25.3 Å². The summed E-state index contributed by atoms with van der Waals surface area (Å²) in [5, 5.41) is 9.22. The number of benzene rings is 1. The van der Waals surface area contributed by atoms with E-state index < -0.39 is 0 Å². The van der Waals surface area contributed by atoms with E-state index in [1.54, 1.807) is 13.0 Å². The Hall–Kier alpha value is -1.54. The summed E-state index contributed by atoms with van der Waals surface area (Å²) >= 11 is 3.35. The minimum atomic E-state index is -0.249. The molecular formula is C14H15BrN2O2. The van der Waals surface area contributed by atoms with Crippen molar-refractivity contribution in [2.45, 2.75) is 25.8 Å². The molecule has 0 aromatic heterocycles. The molecule has 1 aromatic carbocycles. The fourth-order valence-corrected chi connectivity index (χ4v) is 2.35. The van der Waals surface area contributed by atoms with E-state index in [0.29, 0.717) is 18.2 Å². The Kier molecular flexibility index (Phi) is 4.43. The molecule has 1 aliphatic rings. The Morgan fingerprint density at radius 1 is 1.58 bits per heavy atom. The number of esters is 1. The Morgan fingerprint density at radius 2 is 2.32 bits per heavy atom. The highest BCUT2D eigenvalue weighted by molar-refractivity contribution is 9.10. The first kappa shape index (κ1) is 13.9. The van der Waals surface area contributed by atoms with Crippen molar-refractivity contribution in [1.82, 2.24) is 0 Å². The summed E-state index contributed by atoms with van der Waals surface area (Å²) in [6, 6.07) is 8.06. The van der Waals surface area contributed by atoms with Gasteiger partial charge in [-0.05, 0) is 38.0 Å². The smallest absolute Gasteiger partial charge is 0.325 e. The molecule has 0 N–H and O–H groups in total. The first-order valence-electron chi connectivity index (χ1n) is 6.27. The van der Waals surface area contributed by atoms with Gasteiger partial charge in [0.05, 0.1) is 17.9 Å². The molecule has 0 saturated heterocycles. The average molecular weight is 323 g/mol. The lowest BCUT2D eigenvalue weighted by Crippen LogP contribution is -2.33. The highest BCUT2D eigenvalue weighted by Crippen LogP contribution is 2.34. The van der Waals surface area contributed by atoms with Crippen molar-refractivity contribution < 1.29 is 9.53 Å². The van der Waals surface area contributed by atoms with Crippen LogP contribution in [-0.2, 0) is 9.53 Å². The number of anilines is 1. The molecule has 1 aromatic rings. The fourth-order valence-electron chi connectivity index (χ4n) is 1.99. The standard InChI is InChI=1S/C14H15BrN2O2/c1-2-19-14(18)9-17(12-4-5-12)13-6-3-11(15)7-10(13)8-16/h3,6-7,12H,2,4-5,9H2,1H3. The molecule has 0 unspecified atom stereocenters. The van der Waals surface area contributed by atoms with Crippen molar-refractivity contribution in [3.8, 4) is 6.07 Å². The molecule has 4 nitrogen and oxygen atoms in total. The lowest BCUT2D eigenvalue weighted by molar-refractivity contribution is -0.141. The SMILES string of the molecule is CCOC(=O)CN(c1ccc(Br)cc1C#N)C1CC1. The van der Waals surface area contributed by atoms with E-state index in [0.717, 1.165) is 23.0 Å². The molecule has 1 fully saturated rings. The van der Waals surface area contributed by atoms with Crippen LogP contribution in [0, 0.1) is 11.3 Å². The summed E-state index contributed by atoms with van der Waals surface area (Å²) in [6.07, 6.45) is 2.11. The highest BCUT2D eigenvalue weighted by Gasteiger charge is 2.32. The number of carbonyl (C=O) groups is 1. The summed E-state index contributed by atoms with van der Waals surface area (Å²) in [7, 11) is 0. The lowest BCUT2D eigenvalue weighted by Gasteiger charge is -2.24. The van der Waals surface area contributed by atoms with Crippen LogP contribution in [0.5, 0.6) is 0 Å². The fraction of sp³-hybridized carbons (Fsp3) is 0.429. The molecule has 0 heterocycles. The summed E-state index contributed by atoms with van der Waals surface area (Å²) in [5.41, 5.74) is 1.38. The summed E-state index contributed by atoms with van der Waals surface area (Å²) in [4.78, 5) is 13.6. The second-order valence-electron chi connectivity index (χ2n) is 4.44. The van der Waals surface area contributed by atoms with Crippen LogP contribution in [0.25, 0.3) is 0 Å². The van der Waals surface area contributed by atoms with E-state index in [-0.39, 0.29) is 12.5 Å². The summed E-state index contributed by atoms with van der Waals surface area (Å²) in [6.45, 7) is 2.37. The Labute approximate surface area is 121 Å². The molecule has 0 atom stereocenters. The van der Waals surface area contributed by atoms with Gasteiger partial charge in [0.15, 0.2) is 0 Å². The van der Waals surface area contributed by atoms with Crippen molar-refractivity contribution in [3.05, 3.63) is 28.2 Å². The van der Waals surface area contributed by atoms with Gasteiger partial charge in [-0.25, -0.2) is 0 Å². The number of ether oxygens (including phenoxy) is 1. The van der Waals surface area contributed by atoms with Crippen molar-refractivity contribution in [2.75, 3.05) is 18.1 Å². The minimum absolute atomic E-state index is 0.203. The third-order valence-corrected chi connectivity index (χ3v) is 3.47. The predicted molar refractivity (Wildman–Crippen MR) is 75.9 cm³/mol. The van der Waals surface area contributed by atoms with Crippen LogP contribution >= 0.6 is 15.9 Å². The van der Waals surface area contributed by atoms with E-state index in [4.69, 9.17) is 4.74 Å². The predicted octanol–water partition coefficient (Wildman–Crippen LogP) is 2.85. The van der Waals surface area contributed by atoms with E-state index in [1.807, 2.05) is 17.0 Å². The van der Waals surface area contributed by atoms with Gasteiger partial charge in [0.1, 0.15) is 12.6 Å². The average Bonchev–Trinajstić information content (AvgIpc) is 3.21. The van der Waals surface area contributed by atoms with Gasteiger partial charge < -0.3 is 9.64 Å². The Morgan fingerprint density at radius 3 is 2.89 bits per heavy atom. The van der Waals surface area contributed by atoms with Gasteiger partial charge in [0.2, 0.25) is 0 Å². The topological polar surface area (TPSA) is 53.3 Å². The van der Waals surface area contributed by atoms with Crippen molar-refractivity contribution in [1.29, 1.82) is 5.26 Å². The molecule has 100 valence electrons. The molecule has 5 heteroatoms. The molecule has 0 radical (unpaired) electrons. The van der Waals surface area contributed by atoms with Crippen LogP contribution in [0.4, 0.5) is 5.69 Å². The number of halogens is 1. The molecule has 1 aliphatic carbocycles. The van der Waals surface area contributed by atoms with Crippen LogP contribution in [0.15, 0.2) is 22.7 Å². The molecule has 0 bridgehead atoms. The van der Waals surface area contributed by atoms with Crippen molar-refractivity contribution in [3.63, 3.8) is 0 Å². The van der Waals surface area contributed by atoms with Gasteiger partial charge in [-0.2, -0.15) is 5.26 Å². The second kappa shape index (κ2) is 6.07.